The number of nitrogens with zero attached hydrogens (tertiary/aromatic N) is 6. The molecule has 1 aromatic carbocycles. The van der Waals surface area contributed by atoms with Crippen molar-refractivity contribution in [1.29, 1.82) is 0 Å². The average molecular weight is 655 g/mol. The van der Waals surface area contributed by atoms with Crippen LogP contribution in [0.5, 0.6) is 11.8 Å². The lowest BCUT2D eigenvalue weighted by Crippen LogP contribution is -2.41. The number of benzene rings is 1. The maximum atomic E-state index is 15.4. The van der Waals surface area contributed by atoms with E-state index in [0.717, 1.165) is 0 Å². The number of ether oxygens (including phenoxy) is 3. The third-order valence-electron chi connectivity index (χ3n) is 9.06. The Morgan fingerprint density at radius 1 is 1.06 bits per heavy atom. The molecule has 4 aliphatic rings. The number of aromatic amines is 1. The molecule has 4 unspecified atom stereocenters. The summed E-state index contributed by atoms with van der Waals surface area (Å²) in [4.78, 5) is 50.9. The van der Waals surface area contributed by atoms with Gasteiger partial charge in [-0.2, -0.15) is 9.97 Å². The third-order valence-corrected chi connectivity index (χ3v) is 9.06. The Balaban J connectivity index is 1.22. The molecule has 4 atom stereocenters. The molecular weight excluding hydrogens is 619 g/mol. The topological polar surface area (TPSA) is 148 Å². The molecule has 0 spiro atoms. The van der Waals surface area contributed by atoms with Crippen LogP contribution in [0.25, 0.3) is 33.0 Å². The van der Waals surface area contributed by atoms with E-state index in [-0.39, 0.29) is 29.6 Å². The van der Waals surface area contributed by atoms with Gasteiger partial charge in [0.2, 0.25) is 0 Å². The predicted octanol–water partition coefficient (Wildman–Crippen LogP) is 6.07. The Kier molecular flexibility index (Phi) is 6.19. The SMILES string of the molecule is CN(C(=O)OC(C)(C)C)c1cc(F)cc2c1[nH]c1nc(Oc3cnc4cccnc4c3)nc(N3CC4C5C3C45NC(=O)OC(C)(C)C)c12. The van der Waals surface area contributed by atoms with Crippen LogP contribution in [0.2, 0.25) is 0 Å². The van der Waals surface area contributed by atoms with Gasteiger partial charge >= 0.3 is 18.2 Å². The van der Waals surface area contributed by atoms with E-state index in [4.69, 9.17) is 24.2 Å². The predicted molar refractivity (Wildman–Crippen MR) is 176 cm³/mol. The minimum absolute atomic E-state index is 0.0325. The highest BCUT2D eigenvalue weighted by atomic mass is 19.1. The highest BCUT2D eigenvalue weighted by molar-refractivity contribution is 6.16. The normalized spacial score (nSPS) is 22.5. The fourth-order valence-electron chi connectivity index (χ4n) is 7.09. The Morgan fingerprint density at radius 3 is 2.56 bits per heavy atom. The number of hydrogen-bond donors (Lipinski definition) is 2. The van der Waals surface area contributed by atoms with Gasteiger partial charge in [0.15, 0.2) is 5.75 Å². The number of hydrogen-bond acceptors (Lipinski definition) is 10. The van der Waals surface area contributed by atoms with Gasteiger partial charge in [-0.15, -0.1) is 0 Å². The van der Waals surface area contributed by atoms with Gasteiger partial charge in [-0.25, -0.2) is 14.0 Å². The molecule has 4 aromatic heterocycles. The van der Waals surface area contributed by atoms with Crippen molar-refractivity contribution < 1.29 is 28.2 Å². The van der Waals surface area contributed by atoms with Crippen LogP contribution in [-0.2, 0) is 9.47 Å². The molecule has 2 saturated heterocycles. The van der Waals surface area contributed by atoms with E-state index in [0.29, 0.717) is 51.1 Å². The molecule has 2 N–H and O–H groups in total. The summed E-state index contributed by atoms with van der Waals surface area (Å²) in [6.45, 7) is 11.4. The summed E-state index contributed by atoms with van der Waals surface area (Å²) >= 11 is 0. The van der Waals surface area contributed by atoms with Crippen LogP contribution >= 0.6 is 0 Å². The van der Waals surface area contributed by atoms with E-state index in [9.17, 15) is 9.59 Å². The second kappa shape index (κ2) is 9.87. The average Bonchev–Trinajstić information content (AvgIpc) is 3.52. The fraction of sp³-hybridized carbons (Fsp3) is 0.412. The molecule has 2 bridgehead atoms. The zero-order chi connectivity index (χ0) is 33.9. The van der Waals surface area contributed by atoms with Gasteiger partial charge in [0.05, 0.1) is 45.4 Å². The molecule has 9 rings (SSSR count). The van der Waals surface area contributed by atoms with Gasteiger partial charge in [0.1, 0.15) is 28.5 Å². The van der Waals surface area contributed by atoms with Crippen LogP contribution in [0.15, 0.2) is 42.7 Å². The second-order valence-corrected chi connectivity index (χ2v) is 14.7. The number of piperidine rings is 1. The molecule has 14 heteroatoms. The van der Waals surface area contributed by atoms with Crippen molar-refractivity contribution in [1.82, 2.24) is 30.2 Å². The third kappa shape index (κ3) is 4.80. The number of nitrogens with one attached hydrogen (secondary N) is 2. The Morgan fingerprint density at radius 2 is 1.83 bits per heavy atom. The minimum atomic E-state index is -0.752. The maximum Gasteiger partial charge on any atom is 0.414 e. The molecule has 6 heterocycles. The number of aromatic nitrogens is 5. The van der Waals surface area contributed by atoms with Crippen LogP contribution in [0.3, 0.4) is 0 Å². The minimum Gasteiger partial charge on any atom is -0.444 e. The molecule has 248 valence electrons. The number of fused-ring (bicyclic) bond motifs is 5. The highest BCUT2D eigenvalue weighted by Crippen LogP contribution is 2.79. The summed E-state index contributed by atoms with van der Waals surface area (Å²) in [5.74, 6) is 0.821. The van der Waals surface area contributed by atoms with Crippen molar-refractivity contribution in [2.24, 2.45) is 11.8 Å². The summed E-state index contributed by atoms with van der Waals surface area (Å²) in [5, 5.41) is 4.17. The summed E-state index contributed by atoms with van der Waals surface area (Å²) in [6, 6.07) is 8.09. The van der Waals surface area contributed by atoms with E-state index in [1.54, 1.807) is 45.3 Å². The first-order valence-corrected chi connectivity index (χ1v) is 15.8. The molecule has 13 nitrogen and oxygen atoms in total. The van der Waals surface area contributed by atoms with Gasteiger partial charge in [0.25, 0.3) is 0 Å². The molecule has 48 heavy (non-hydrogen) atoms. The standard InChI is InChI=1S/C34H35FN8O5/c1-32(2,3)47-30(44)41-34-19-15-43(26(34)24(19)34)28-23-18-11-16(35)12-22(42(7)31(45)48-33(4,5)6)25(18)38-27(23)39-29(40-28)46-17-13-21-20(37-14-17)9-8-10-36-21/h8-14,19,24,26H,15H2,1-7H3,(H,41,44)(H,38,39,40). The van der Waals surface area contributed by atoms with E-state index in [2.05, 4.69) is 25.2 Å². The lowest BCUT2D eigenvalue weighted by atomic mass is 10.1. The summed E-state index contributed by atoms with van der Waals surface area (Å²) in [6.07, 6.45) is 2.15. The van der Waals surface area contributed by atoms with Crippen LogP contribution < -0.4 is 19.9 Å². The first kappa shape index (κ1) is 30.1. The Bertz CT molecular complexity index is 2170. The number of pyridine rings is 2. The maximum absolute atomic E-state index is 15.4. The number of H-pyrrole nitrogens is 1. The first-order chi connectivity index (χ1) is 22.6. The number of amides is 2. The van der Waals surface area contributed by atoms with Crippen LogP contribution in [-0.4, -0.2) is 73.5 Å². The highest BCUT2D eigenvalue weighted by Gasteiger charge is 2.94. The van der Waals surface area contributed by atoms with Crippen LogP contribution in [0.4, 0.5) is 25.5 Å². The lowest BCUT2D eigenvalue weighted by molar-refractivity contribution is 0.0505. The summed E-state index contributed by atoms with van der Waals surface area (Å²) in [7, 11) is 1.53. The molecule has 5 aromatic rings. The van der Waals surface area contributed by atoms with E-state index < -0.39 is 34.7 Å². The smallest absolute Gasteiger partial charge is 0.414 e. The molecule has 2 aliphatic heterocycles. The Labute approximate surface area is 274 Å². The molecule has 2 aliphatic carbocycles. The Hall–Kier alpha value is -5.27. The second-order valence-electron chi connectivity index (χ2n) is 14.7. The number of alkyl carbamates (subject to hydrolysis) is 1. The van der Waals surface area contributed by atoms with E-state index in [1.807, 2.05) is 26.8 Å². The van der Waals surface area contributed by atoms with Crippen molar-refractivity contribution in [3.05, 3.63) is 48.5 Å². The van der Waals surface area contributed by atoms with Crippen molar-refractivity contribution >= 4 is 56.7 Å². The molecule has 2 saturated carbocycles. The van der Waals surface area contributed by atoms with E-state index in [1.165, 1.54) is 24.1 Å². The number of carbonyl (C=O) groups excluding carboxylic acids is 2. The van der Waals surface area contributed by atoms with Gasteiger partial charge in [-0.3, -0.25) is 14.9 Å². The van der Waals surface area contributed by atoms with Crippen molar-refractivity contribution in [3.63, 3.8) is 0 Å². The molecule has 2 amide bonds. The molecular formula is C34H35FN8O5. The first-order valence-electron chi connectivity index (χ1n) is 15.8. The number of halogens is 1. The van der Waals surface area contributed by atoms with Gasteiger partial charge < -0.3 is 29.4 Å². The molecule has 0 radical (unpaired) electrons. The number of rotatable bonds is 5. The summed E-state index contributed by atoms with van der Waals surface area (Å²) < 4.78 is 32.6. The van der Waals surface area contributed by atoms with E-state index >= 15 is 4.39 Å². The fourth-order valence-corrected chi connectivity index (χ4v) is 7.09. The van der Waals surface area contributed by atoms with Crippen LogP contribution in [0.1, 0.15) is 41.5 Å². The lowest BCUT2D eigenvalue weighted by Gasteiger charge is -2.25. The van der Waals surface area contributed by atoms with Crippen molar-refractivity contribution in [2.75, 3.05) is 23.4 Å². The molecule has 4 fully saturated rings. The quantitative estimate of drug-likeness (QED) is 0.229. The number of carbonyl (C=O) groups is 2. The zero-order valence-electron chi connectivity index (χ0n) is 27.6. The van der Waals surface area contributed by atoms with Gasteiger partial charge in [-0.05, 0) is 65.8 Å². The van der Waals surface area contributed by atoms with Gasteiger partial charge in [0, 0.05) is 43.1 Å². The monoisotopic (exact) mass is 654 g/mol. The van der Waals surface area contributed by atoms with Crippen LogP contribution in [0, 0.1) is 17.7 Å². The zero-order valence-corrected chi connectivity index (χ0v) is 27.6. The number of anilines is 2. The van der Waals surface area contributed by atoms with Crippen molar-refractivity contribution in [3.8, 4) is 11.8 Å². The largest absolute Gasteiger partial charge is 0.444 e. The van der Waals surface area contributed by atoms with Crippen molar-refractivity contribution in [2.45, 2.75) is 64.3 Å². The van der Waals surface area contributed by atoms with Gasteiger partial charge in [-0.1, -0.05) is 0 Å². The summed E-state index contributed by atoms with van der Waals surface area (Å²) in [5.41, 5.74) is 0.700.